The number of methoxy groups -OCH3 is 1. The van der Waals surface area contributed by atoms with Gasteiger partial charge in [-0.25, -0.2) is 19.0 Å². The zero-order valence-electron chi connectivity index (χ0n) is 17.8. The van der Waals surface area contributed by atoms with Crippen LogP contribution in [0, 0.1) is 12.7 Å². The number of fused-ring (bicyclic) bond motifs is 1. The summed E-state index contributed by atoms with van der Waals surface area (Å²) in [4.78, 5) is 9.01. The number of aryl methyl sites for hydroxylation is 1. The van der Waals surface area contributed by atoms with Crippen molar-refractivity contribution in [2.45, 2.75) is 19.4 Å². The van der Waals surface area contributed by atoms with Crippen molar-refractivity contribution in [2.75, 3.05) is 7.11 Å². The number of halogens is 1. The first kappa shape index (κ1) is 19.9. The van der Waals surface area contributed by atoms with E-state index >= 15 is 0 Å². The molecule has 0 radical (unpaired) electrons. The van der Waals surface area contributed by atoms with E-state index in [4.69, 9.17) is 9.72 Å². The smallest absolute Gasteiger partial charge is 0.174 e. The van der Waals surface area contributed by atoms with Crippen LogP contribution in [0.1, 0.15) is 34.4 Å². The normalized spacial score (nSPS) is 15.3. The summed E-state index contributed by atoms with van der Waals surface area (Å²) >= 11 is 0. The molecule has 6 nitrogen and oxygen atoms in total. The Morgan fingerprint density at radius 2 is 1.97 bits per heavy atom. The average molecular weight is 427 g/mol. The Morgan fingerprint density at radius 3 is 2.72 bits per heavy atom. The van der Waals surface area contributed by atoms with Crippen molar-refractivity contribution in [3.05, 3.63) is 101 Å². The van der Waals surface area contributed by atoms with Crippen molar-refractivity contribution >= 4 is 12.2 Å². The van der Waals surface area contributed by atoms with Gasteiger partial charge >= 0.3 is 0 Å². The maximum absolute atomic E-state index is 13.3. The van der Waals surface area contributed by atoms with E-state index in [1.807, 2.05) is 52.7 Å². The lowest BCUT2D eigenvalue weighted by Crippen LogP contribution is -2.13. The van der Waals surface area contributed by atoms with Gasteiger partial charge in [-0.1, -0.05) is 36.4 Å². The molecular formula is C25H22FN5O. The third-order valence-electron chi connectivity index (χ3n) is 5.45. The number of imidazole rings is 1. The van der Waals surface area contributed by atoms with Crippen molar-refractivity contribution in [1.29, 1.82) is 0 Å². The van der Waals surface area contributed by atoms with Gasteiger partial charge in [0.05, 0.1) is 37.3 Å². The number of hydrogen-bond donors (Lipinski definition) is 0. The van der Waals surface area contributed by atoms with E-state index in [1.54, 1.807) is 25.6 Å². The first-order valence-corrected chi connectivity index (χ1v) is 10.3. The summed E-state index contributed by atoms with van der Waals surface area (Å²) in [6, 6.07) is 12.5. The maximum Gasteiger partial charge on any atom is 0.174 e. The number of hydrogen-bond acceptors (Lipinski definition) is 4. The molecule has 1 atom stereocenters. The summed E-state index contributed by atoms with van der Waals surface area (Å²) in [6.07, 6.45) is 11.7. The predicted molar refractivity (Wildman–Crippen MR) is 121 cm³/mol. The van der Waals surface area contributed by atoms with Crippen LogP contribution >= 0.6 is 0 Å². The summed E-state index contributed by atoms with van der Waals surface area (Å²) < 4.78 is 22.7. The molecule has 7 heteroatoms. The third kappa shape index (κ3) is 3.85. The van der Waals surface area contributed by atoms with E-state index in [0.717, 1.165) is 34.1 Å². The van der Waals surface area contributed by atoms with E-state index < -0.39 is 0 Å². The van der Waals surface area contributed by atoms with E-state index in [0.29, 0.717) is 12.4 Å². The molecule has 0 amide bonds. The minimum Gasteiger partial charge on any atom is -0.495 e. The van der Waals surface area contributed by atoms with Gasteiger partial charge in [-0.3, -0.25) is 0 Å². The highest BCUT2D eigenvalue weighted by molar-refractivity contribution is 5.69. The number of allylic oxidation sites excluding steroid dienone is 2. The van der Waals surface area contributed by atoms with Gasteiger partial charge in [0.15, 0.2) is 5.82 Å². The summed E-state index contributed by atoms with van der Waals surface area (Å²) in [5, 5.41) is 4.62. The van der Waals surface area contributed by atoms with Gasteiger partial charge in [-0.05, 0) is 48.4 Å². The second kappa shape index (κ2) is 8.26. The predicted octanol–water partition coefficient (Wildman–Crippen LogP) is 4.79. The van der Waals surface area contributed by atoms with Crippen molar-refractivity contribution in [3.63, 3.8) is 0 Å². The standard InChI is InChI=1S/C25H22FN5O/c1-17-15-30(16-27-17)22-11-5-18(14-23(22)32-2)6-12-24-28-25-21(4-3-13-31(25)29-24)19-7-9-20(26)10-8-19/h3-12,14-16,21H,13H2,1-2H3/b12-6+. The van der Waals surface area contributed by atoms with Crippen LogP contribution in [0.15, 0.2) is 67.1 Å². The highest BCUT2D eigenvalue weighted by atomic mass is 19.1. The Hall–Kier alpha value is -4.00. The fourth-order valence-corrected chi connectivity index (χ4v) is 3.86. The van der Waals surface area contributed by atoms with E-state index in [2.05, 4.69) is 22.2 Å². The van der Waals surface area contributed by atoms with Crippen LogP contribution in [0.2, 0.25) is 0 Å². The maximum atomic E-state index is 13.3. The SMILES string of the molecule is COc1cc(/C=C/c2nc3n(n2)CC=CC3c2ccc(F)cc2)ccc1-n1cnc(C)c1. The summed E-state index contributed by atoms with van der Waals surface area (Å²) in [5.41, 5.74) is 3.83. The molecule has 0 bridgehead atoms. The Morgan fingerprint density at radius 1 is 1.12 bits per heavy atom. The second-order valence-corrected chi connectivity index (χ2v) is 7.65. The quantitative estimate of drug-likeness (QED) is 0.430. The lowest BCUT2D eigenvalue weighted by atomic mass is 9.96. The highest BCUT2D eigenvalue weighted by Gasteiger charge is 2.21. The van der Waals surface area contributed by atoms with Gasteiger partial charge in [0, 0.05) is 6.20 Å². The molecule has 0 spiro atoms. The first-order chi connectivity index (χ1) is 15.6. The summed E-state index contributed by atoms with van der Waals surface area (Å²) in [7, 11) is 1.66. The topological polar surface area (TPSA) is 57.8 Å². The molecule has 0 aliphatic carbocycles. The van der Waals surface area contributed by atoms with Crippen LogP contribution in [0.3, 0.4) is 0 Å². The fraction of sp³-hybridized carbons (Fsp3) is 0.160. The zero-order valence-corrected chi connectivity index (χ0v) is 17.8. The van der Waals surface area contributed by atoms with E-state index in [1.165, 1.54) is 12.1 Å². The molecule has 2 aromatic heterocycles. The number of rotatable bonds is 5. The lowest BCUT2D eigenvalue weighted by Gasteiger charge is -2.17. The third-order valence-corrected chi connectivity index (χ3v) is 5.45. The van der Waals surface area contributed by atoms with Gasteiger partial charge < -0.3 is 9.30 Å². The van der Waals surface area contributed by atoms with Gasteiger partial charge in [0.2, 0.25) is 0 Å². The molecule has 1 aliphatic rings. The largest absolute Gasteiger partial charge is 0.495 e. The molecule has 3 heterocycles. The Bertz CT molecular complexity index is 1320. The van der Waals surface area contributed by atoms with Gasteiger partial charge in [0.25, 0.3) is 0 Å². The van der Waals surface area contributed by atoms with Crippen molar-refractivity contribution in [2.24, 2.45) is 0 Å². The molecule has 1 unspecified atom stereocenters. The fourth-order valence-electron chi connectivity index (χ4n) is 3.86. The van der Waals surface area contributed by atoms with Crippen LogP contribution < -0.4 is 4.74 Å². The van der Waals surface area contributed by atoms with E-state index in [-0.39, 0.29) is 11.7 Å². The summed E-state index contributed by atoms with van der Waals surface area (Å²) in [6.45, 7) is 2.62. The van der Waals surface area contributed by atoms with Crippen LogP contribution in [0.25, 0.3) is 17.8 Å². The molecule has 0 N–H and O–H groups in total. The molecular weight excluding hydrogens is 405 g/mol. The summed E-state index contributed by atoms with van der Waals surface area (Å²) in [5.74, 6) is 1.94. The first-order valence-electron chi connectivity index (χ1n) is 10.3. The highest BCUT2D eigenvalue weighted by Crippen LogP contribution is 2.29. The molecule has 32 heavy (non-hydrogen) atoms. The van der Waals surface area contributed by atoms with Crippen LogP contribution in [-0.4, -0.2) is 31.4 Å². The Labute approximate surface area is 185 Å². The molecule has 0 saturated heterocycles. The lowest BCUT2D eigenvalue weighted by molar-refractivity contribution is 0.413. The number of aromatic nitrogens is 5. The second-order valence-electron chi connectivity index (χ2n) is 7.65. The minimum absolute atomic E-state index is 0.0444. The Kier molecular flexibility index (Phi) is 5.15. The van der Waals surface area contributed by atoms with Gasteiger partial charge in [0.1, 0.15) is 17.4 Å². The van der Waals surface area contributed by atoms with Crippen molar-refractivity contribution in [1.82, 2.24) is 24.3 Å². The molecule has 4 aromatic rings. The Balaban J connectivity index is 1.40. The van der Waals surface area contributed by atoms with Crippen LogP contribution in [0.4, 0.5) is 4.39 Å². The number of nitrogens with zero attached hydrogens (tertiary/aromatic N) is 5. The molecule has 0 saturated carbocycles. The van der Waals surface area contributed by atoms with Crippen LogP contribution in [-0.2, 0) is 6.54 Å². The van der Waals surface area contributed by atoms with Gasteiger partial charge in [-0.15, -0.1) is 0 Å². The minimum atomic E-state index is -0.247. The molecule has 5 rings (SSSR count). The van der Waals surface area contributed by atoms with Crippen molar-refractivity contribution in [3.8, 4) is 11.4 Å². The molecule has 0 fully saturated rings. The van der Waals surface area contributed by atoms with Crippen LogP contribution in [0.5, 0.6) is 5.75 Å². The van der Waals surface area contributed by atoms with E-state index in [9.17, 15) is 4.39 Å². The van der Waals surface area contributed by atoms with Gasteiger partial charge in [-0.2, -0.15) is 5.10 Å². The molecule has 2 aromatic carbocycles. The average Bonchev–Trinajstić information content (AvgIpc) is 3.43. The molecule has 1 aliphatic heterocycles. The monoisotopic (exact) mass is 427 g/mol. The number of benzene rings is 2. The van der Waals surface area contributed by atoms with Crippen molar-refractivity contribution < 1.29 is 9.13 Å². The molecule has 160 valence electrons. The zero-order chi connectivity index (χ0) is 22.1. The number of ether oxygens (including phenoxy) is 1.